The van der Waals surface area contributed by atoms with Crippen molar-refractivity contribution in [2.75, 3.05) is 40.3 Å². The van der Waals surface area contributed by atoms with Crippen LogP contribution in [0.3, 0.4) is 0 Å². The topological polar surface area (TPSA) is 60.9 Å². The zero-order valence-corrected chi connectivity index (χ0v) is 16.6. The molecule has 26 heavy (non-hydrogen) atoms. The van der Waals surface area contributed by atoms with Crippen LogP contribution in [0.1, 0.15) is 41.4 Å². The van der Waals surface area contributed by atoms with Gasteiger partial charge in [-0.2, -0.15) is 0 Å². The van der Waals surface area contributed by atoms with Crippen molar-refractivity contribution < 1.29 is 14.4 Å². The molecule has 1 aromatic heterocycles. The Labute approximate surface area is 158 Å². The molecule has 0 radical (unpaired) electrons. The molecule has 2 amide bonds. The molecule has 0 unspecified atom stereocenters. The van der Waals surface area contributed by atoms with Crippen LogP contribution < -0.4 is 0 Å². The molecule has 0 aromatic carbocycles. The highest BCUT2D eigenvalue weighted by Crippen LogP contribution is 2.32. The van der Waals surface area contributed by atoms with Crippen LogP contribution in [0.5, 0.6) is 0 Å². The van der Waals surface area contributed by atoms with E-state index in [1.165, 1.54) is 11.3 Å². The van der Waals surface area contributed by atoms with Gasteiger partial charge >= 0.3 is 0 Å². The van der Waals surface area contributed by atoms with Gasteiger partial charge < -0.3 is 9.80 Å². The van der Waals surface area contributed by atoms with Crippen molar-refractivity contribution in [3.63, 3.8) is 0 Å². The van der Waals surface area contributed by atoms with Gasteiger partial charge in [-0.3, -0.25) is 19.3 Å². The van der Waals surface area contributed by atoms with Gasteiger partial charge in [0.15, 0.2) is 5.78 Å². The van der Waals surface area contributed by atoms with E-state index in [1.54, 1.807) is 11.8 Å². The normalized spacial score (nSPS) is 24.8. The first-order chi connectivity index (χ1) is 12.3. The van der Waals surface area contributed by atoms with E-state index in [1.807, 2.05) is 23.4 Å². The summed E-state index contributed by atoms with van der Waals surface area (Å²) in [6.07, 6.45) is 2.56. The molecule has 1 atom stereocenters. The van der Waals surface area contributed by atoms with Crippen molar-refractivity contribution in [1.82, 2.24) is 14.7 Å². The minimum absolute atomic E-state index is 0.0412. The number of nitrogens with zero attached hydrogens (tertiary/aromatic N) is 3. The zero-order chi connectivity index (χ0) is 18.9. The van der Waals surface area contributed by atoms with Crippen LogP contribution in [-0.2, 0) is 16.0 Å². The summed E-state index contributed by atoms with van der Waals surface area (Å²) >= 11 is 1.40. The van der Waals surface area contributed by atoms with Crippen LogP contribution in [-0.4, -0.2) is 78.1 Å². The lowest BCUT2D eigenvalue weighted by Crippen LogP contribution is -2.62. The summed E-state index contributed by atoms with van der Waals surface area (Å²) in [6, 6.07) is 1.83. The van der Waals surface area contributed by atoms with Crippen molar-refractivity contribution in [1.29, 1.82) is 0 Å². The highest BCUT2D eigenvalue weighted by atomic mass is 32.1. The number of likely N-dealkylation sites (N-methyl/N-ethyl adjacent to an activating group) is 1. The number of thiophene rings is 1. The Morgan fingerprint density at radius 2 is 1.96 bits per heavy atom. The van der Waals surface area contributed by atoms with Crippen LogP contribution >= 0.6 is 11.3 Å². The number of piperazine rings is 1. The minimum Gasteiger partial charge on any atom is -0.346 e. The van der Waals surface area contributed by atoms with E-state index < -0.39 is 0 Å². The SMILES string of the molecule is CC(=O)c1cc(CC(=O)N2CCN(C)[C@@]3(CCC(=O)N(C)CC3)C2)cs1. The maximum atomic E-state index is 12.8. The van der Waals surface area contributed by atoms with E-state index in [0.29, 0.717) is 30.8 Å². The van der Waals surface area contributed by atoms with E-state index in [-0.39, 0.29) is 23.1 Å². The Bertz CT molecular complexity index is 717. The van der Waals surface area contributed by atoms with Gasteiger partial charge in [0.2, 0.25) is 11.8 Å². The van der Waals surface area contributed by atoms with Crippen molar-refractivity contribution >= 4 is 28.9 Å². The summed E-state index contributed by atoms with van der Waals surface area (Å²) in [7, 11) is 3.96. The fraction of sp³-hybridized carbons (Fsp3) is 0.632. The van der Waals surface area contributed by atoms with Crippen LogP contribution in [0.2, 0.25) is 0 Å². The van der Waals surface area contributed by atoms with Crippen molar-refractivity contribution in [3.05, 3.63) is 21.9 Å². The number of hydrogen-bond donors (Lipinski definition) is 0. The van der Waals surface area contributed by atoms with Gasteiger partial charge in [0, 0.05) is 45.2 Å². The molecule has 142 valence electrons. The molecule has 3 heterocycles. The molecule has 3 rings (SSSR count). The molecule has 2 fully saturated rings. The third kappa shape index (κ3) is 3.83. The Kier molecular flexibility index (Phi) is 5.48. The number of carbonyl (C=O) groups is 3. The average molecular weight is 378 g/mol. The molecule has 7 heteroatoms. The largest absolute Gasteiger partial charge is 0.346 e. The molecular formula is C19H27N3O3S. The molecule has 0 aliphatic carbocycles. The molecule has 2 aliphatic heterocycles. The molecule has 2 aliphatic rings. The van der Waals surface area contributed by atoms with Crippen molar-refractivity contribution in [3.8, 4) is 0 Å². The van der Waals surface area contributed by atoms with E-state index in [2.05, 4.69) is 11.9 Å². The lowest BCUT2D eigenvalue weighted by molar-refractivity contribution is -0.136. The number of ketones is 1. The molecule has 1 spiro atoms. The molecule has 6 nitrogen and oxygen atoms in total. The summed E-state index contributed by atoms with van der Waals surface area (Å²) in [4.78, 5) is 43.1. The summed E-state index contributed by atoms with van der Waals surface area (Å²) in [5.41, 5.74) is 0.794. The van der Waals surface area contributed by atoms with Crippen molar-refractivity contribution in [2.24, 2.45) is 0 Å². The van der Waals surface area contributed by atoms with Gasteiger partial charge in [0.1, 0.15) is 0 Å². The summed E-state index contributed by atoms with van der Waals surface area (Å²) in [6.45, 7) is 4.49. The molecule has 0 bridgehead atoms. The number of likely N-dealkylation sites (tertiary alicyclic amines) is 1. The van der Waals surface area contributed by atoms with E-state index in [0.717, 1.165) is 31.5 Å². The highest BCUT2D eigenvalue weighted by molar-refractivity contribution is 7.12. The zero-order valence-electron chi connectivity index (χ0n) is 15.8. The van der Waals surface area contributed by atoms with Gasteiger partial charge in [-0.05, 0) is 43.8 Å². The standard InChI is InChI=1S/C19H27N3O3S/c1-14(23)16-10-15(12-26-16)11-18(25)22-9-8-21(3)19(13-22)5-4-17(24)20(2)7-6-19/h10,12H,4-9,11,13H2,1-3H3/t19-/m1/s1. The first-order valence-electron chi connectivity index (χ1n) is 9.12. The second-order valence-corrected chi connectivity index (χ2v) is 8.49. The molecule has 1 aromatic rings. The summed E-state index contributed by atoms with van der Waals surface area (Å²) < 4.78 is 0. The van der Waals surface area contributed by atoms with Crippen molar-refractivity contribution in [2.45, 2.75) is 38.1 Å². The Morgan fingerprint density at radius 1 is 1.19 bits per heavy atom. The van der Waals surface area contributed by atoms with Crippen LogP contribution in [0.15, 0.2) is 11.4 Å². The van der Waals surface area contributed by atoms with Crippen LogP contribution in [0.25, 0.3) is 0 Å². The van der Waals surface area contributed by atoms with E-state index in [9.17, 15) is 14.4 Å². The first-order valence-corrected chi connectivity index (χ1v) is 10.00. The fourth-order valence-corrected chi connectivity index (χ4v) is 4.73. The van der Waals surface area contributed by atoms with Gasteiger partial charge in [0.05, 0.1) is 11.3 Å². The minimum atomic E-state index is -0.118. The number of amides is 2. The molecule has 0 N–H and O–H groups in total. The first kappa shape index (κ1) is 19.0. The van der Waals surface area contributed by atoms with E-state index >= 15 is 0 Å². The second kappa shape index (κ2) is 7.48. The maximum absolute atomic E-state index is 12.8. The smallest absolute Gasteiger partial charge is 0.227 e. The Balaban J connectivity index is 1.69. The summed E-state index contributed by atoms with van der Waals surface area (Å²) in [5.74, 6) is 0.336. The third-order valence-corrected chi connectivity index (χ3v) is 6.93. The van der Waals surface area contributed by atoms with Crippen LogP contribution in [0.4, 0.5) is 0 Å². The predicted molar refractivity (Wildman–Crippen MR) is 101 cm³/mol. The fourth-order valence-electron chi connectivity index (χ4n) is 3.91. The number of carbonyl (C=O) groups excluding carboxylic acids is 3. The quantitative estimate of drug-likeness (QED) is 0.752. The van der Waals surface area contributed by atoms with Gasteiger partial charge in [-0.15, -0.1) is 11.3 Å². The maximum Gasteiger partial charge on any atom is 0.227 e. The van der Waals surface area contributed by atoms with Crippen LogP contribution in [0, 0.1) is 0 Å². The second-order valence-electron chi connectivity index (χ2n) is 7.58. The van der Waals surface area contributed by atoms with Gasteiger partial charge in [-0.25, -0.2) is 0 Å². The molecular weight excluding hydrogens is 350 g/mol. The van der Waals surface area contributed by atoms with Gasteiger partial charge in [-0.1, -0.05) is 0 Å². The average Bonchev–Trinajstić information content (AvgIpc) is 3.02. The number of hydrogen-bond acceptors (Lipinski definition) is 5. The lowest BCUT2D eigenvalue weighted by atomic mass is 9.86. The lowest BCUT2D eigenvalue weighted by Gasteiger charge is -2.49. The van der Waals surface area contributed by atoms with Gasteiger partial charge in [0.25, 0.3) is 0 Å². The number of Topliss-reactive ketones (excluding diaryl/α,β-unsaturated/α-hetero) is 1. The third-order valence-electron chi connectivity index (χ3n) is 5.85. The summed E-state index contributed by atoms with van der Waals surface area (Å²) in [5, 5.41) is 1.90. The highest BCUT2D eigenvalue weighted by Gasteiger charge is 2.42. The Hall–Kier alpha value is -1.73. The van der Waals surface area contributed by atoms with E-state index in [4.69, 9.17) is 0 Å². The monoisotopic (exact) mass is 377 g/mol. The predicted octanol–water partition coefficient (Wildman–Crippen LogP) is 1.65. The number of rotatable bonds is 3. The Morgan fingerprint density at radius 3 is 2.65 bits per heavy atom. The molecule has 2 saturated heterocycles. The molecule has 0 saturated carbocycles.